The van der Waals surface area contributed by atoms with Crippen LogP contribution in [0.1, 0.15) is 29.7 Å². The first-order valence-electron chi connectivity index (χ1n) is 9.21. The Labute approximate surface area is 182 Å². The number of allylic oxidation sites excluding steroid dienone is 4. The monoisotopic (exact) mass is 451 g/mol. The third-order valence-corrected chi connectivity index (χ3v) is 6.88. The van der Waals surface area contributed by atoms with Gasteiger partial charge in [0, 0.05) is 38.9 Å². The number of piperidine rings is 1. The summed E-state index contributed by atoms with van der Waals surface area (Å²) in [6.45, 7) is 1.70. The van der Waals surface area contributed by atoms with Gasteiger partial charge in [0.15, 0.2) is 5.13 Å². The molecule has 0 atom stereocenters. The lowest BCUT2D eigenvalue weighted by Crippen LogP contribution is -2.31. The molecular weight excluding hydrogens is 433 g/mol. The zero-order valence-corrected chi connectivity index (χ0v) is 18.3. The molecule has 1 aliphatic heterocycles. The van der Waals surface area contributed by atoms with Crippen LogP contribution in [0, 0.1) is 0 Å². The first-order valence-corrected chi connectivity index (χ1v) is 10.8. The summed E-state index contributed by atoms with van der Waals surface area (Å²) in [5, 5.41) is 7.46. The lowest BCUT2D eigenvalue weighted by molar-refractivity contribution is -0.113. The molecule has 152 valence electrons. The third-order valence-electron chi connectivity index (χ3n) is 4.98. The van der Waals surface area contributed by atoms with E-state index in [-0.39, 0.29) is 21.2 Å². The van der Waals surface area contributed by atoms with Crippen molar-refractivity contribution >= 4 is 68.2 Å². The molecule has 1 aliphatic carbocycles. The molecule has 1 N–H and O–H groups in total. The lowest BCUT2D eigenvalue weighted by Gasteiger charge is -2.28. The Bertz CT molecular complexity index is 1050. The van der Waals surface area contributed by atoms with Crippen LogP contribution in [0.3, 0.4) is 0 Å². The number of thiazole rings is 1. The van der Waals surface area contributed by atoms with Gasteiger partial charge in [-0.2, -0.15) is 5.10 Å². The summed E-state index contributed by atoms with van der Waals surface area (Å²) in [5.41, 5.74) is 0.696. The fourth-order valence-electron chi connectivity index (χ4n) is 3.51. The van der Waals surface area contributed by atoms with Gasteiger partial charge in [-0.25, -0.2) is 4.98 Å². The van der Waals surface area contributed by atoms with Crippen LogP contribution in [0.15, 0.2) is 22.5 Å². The second-order valence-electron chi connectivity index (χ2n) is 7.12. The summed E-state index contributed by atoms with van der Waals surface area (Å²) in [6.07, 6.45) is 6.35. The quantitative estimate of drug-likeness (QED) is 0.713. The number of H-pyrrole nitrogens is 1. The standard InChI is InChI=1S/C19H19Cl2N5O2S/c1-25(2)19-22-9-11(29-19)13-15(21)16(27)12(14(20)17(13)28)10-8-23-24-18(10)26-6-4-3-5-7-26/h8-9H,3-7H2,1-2H3,(H,23,24). The molecule has 1 saturated heterocycles. The highest BCUT2D eigenvalue weighted by molar-refractivity contribution is 7.17. The van der Waals surface area contributed by atoms with E-state index in [1.165, 1.54) is 30.2 Å². The largest absolute Gasteiger partial charge is 0.356 e. The van der Waals surface area contributed by atoms with E-state index in [1.807, 2.05) is 19.0 Å². The molecule has 10 heteroatoms. The average Bonchev–Trinajstić information content (AvgIpc) is 3.38. The van der Waals surface area contributed by atoms with E-state index in [1.54, 1.807) is 0 Å². The van der Waals surface area contributed by atoms with Crippen molar-refractivity contribution in [3.63, 3.8) is 0 Å². The van der Waals surface area contributed by atoms with Gasteiger partial charge in [0.1, 0.15) is 15.9 Å². The number of hydrogen-bond acceptors (Lipinski definition) is 7. The van der Waals surface area contributed by atoms with E-state index >= 15 is 0 Å². The summed E-state index contributed by atoms with van der Waals surface area (Å²) in [5.74, 6) is -0.267. The zero-order chi connectivity index (χ0) is 20.7. The van der Waals surface area contributed by atoms with Crippen LogP contribution in [-0.2, 0) is 9.59 Å². The summed E-state index contributed by atoms with van der Waals surface area (Å²) < 4.78 is 0. The van der Waals surface area contributed by atoms with Crippen LogP contribution < -0.4 is 9.80 Å². The van der Waals surface area contributed by atoms with Crippen molar-refractivity contribution in [3.8, 4) is 0 Å². The van der Waals surface area contributed by atoms with Gasteiger partial charge < -0.3 is 9.80 Å². The Hall–Kier alpha value is -2.16. The number of nitrogens with zero attached hydrogens (tertiary/aromatic N) is 4. The second kappa shape index (κ2) is 7.93. The van der Waals surface area contributed by atoms with Gasteiger partial charge in [0.05, 0.1) is 22.2 Å². The maximum atomic E-state index is 13.2. The fourth-order valence-corrected chi connectivity index (χ4v) is 5.02. The van der Waals surface area contributed by atoms with Crippen molar-refractivity contribution in [3.05, 3.63) is 32.9 Å². The summed E-state index contributed by atoms with van der Waals surface area (Å²) in [6, 6.07) is 0. The summed E-state index contributed by atoms with van der Waals surface area (Å²) in [7, 11) is 3.69. The van der Waals surface area contributed by atoms with Crippen LogP contribution >= 0.6 is 34.5 Å². The average molecular weight is 452 g/mol. The van der Waals surface area contributed by atoms with Gasteiger partial charge in [0.25, 0.3) is 0 Å². The molecule has 0 amide bonds. The summed E-state index contributed by atoms with van der Waals surface area (Å²) >= 11 is 14.1. The number of Topliss-reactive ketones (excluding diaryl/α,β-unsaturated/α-hetero) is 2. The van der Waals surface area contributed by atoms with Crippen molar-refractivity contribution in [1.82, 2.24) is 15.2 Å². The molecule has 2 aromatic rings. The Morgan fingerprint density at radius 1 is 1.03 bits per heavy atom. The minimum absolute atomic E-state index is 0.0945. The maximum Gasteiger partial charge on any atom is 0.208 e. The van der Waals surface area contributed by atoms with E-state index in [0.717, 1.165) is 25.9 Å². The number of carbonyl (C=O) groups excluding carboxylic acids is 2. The van der Waals surface area contributed by atoms with E-state index in [4.69, 9.17) is 23.2 Å². The second-order valence-corrected chi connectivity index (χ2v) is 8.88. The maximum absolute atomic E-state index is 13.2. The molecule has 0 unspecified atom stereocenters. The van der Waals surface area contributed by atoms with E-state index in [9.17, 15) is 9.59 Å². The predicted molar refractivity (Wildman–Crippen MR) is 117 cm³/mol. The van der Waals surface area contributed by atoms with Crippen molar-refractivity contribution in [2.24, 2.45) is 0 Å². The number of anilines is 2. The number of aromatic nitrogens is 3. The zero-order valence-electron chi connectivity index (χ0n) is 16.0. The molecule has 2 aliphatic rings. The van der Waals surface area contributed by atoms with E-state index in [2.05, 4.69) is 20.1 Å². The van der Waals surface area contributed by atoms with Gasteiger partial charge in [-0.05, 0) is 19.3 Å². The number of carbonyl (C=O) groups is 2. The molecule has 4 rings (SSSR count). The molecule has 0 aromatic carbocycles. The molecule has 0 saturated carbocycles. The SMILES string of the molecule is CN(C)c1ncc(C2=C(Cl)C(=O)C(c3cn[nH]c3N3CCCCC3)=C(Cl)C2=O)s1. The fraction of sp³-hybridized carbons (Fsp3) is 0.368. The first kappa shape index (κ1) is 20.1. The molecule has 0 bridgehead atoms. The Morgan fingerprint density at radius 2 is 1.69 bits per heavy atom. The molecule has 1 fully saturated rings. The summed E-state index contributed by atoms with van der Waals surface area (Å²) in [4.78, 5) is 35.0. The minimum Gasteiger partial charge on any atom is -0.356 e. The smallest absolute Gasteiger partial charge is 0.208 e. The molecule has 0 radical (unpaired) electrons. The highest BCUT2D eigenvalue weighted by Crippen LogP contribution is 2.42. The van der Waals surface area contributed by atoms with Crippen molar-refractivity contribution in [1.29, 1.82) is 0 Å². The number of halogens is 2. The van der Waals surface area contributed by atoms with Crippen molar-refractivity contribution in [2.45, 2.75) is 19.3 Å². The van der Waals surface area contributed by atoms with E-state index < -0.39 is 11.6 Å². The van der Waals surface area contributed by atoms with Crippen LogP contribution in [0.4, 0.5) is 10.9 Å². The van der Waals surface area contributed by atoms with Crippen LogP contribution in [0.2, 0.25) is 0 Å². The number of aromatic amines is 1. The lowest BCUT2D eigenvalue weighted by atomic mass is 9.91. The molecule has 29 heavy (non-hydrogen) atoms. The molecule has 0 spiro atoms. The Balaban J connectivity index is 1.75. The molecular formula is C19H19Cl2N5O2S. The third kappa shape index (κ3) is 3.49. The van der Waals surface area contributed by atoms with Gasteiger partial charge in [-0.15, -0.1) is 0 Å². The topological polar surface area (TPSA) is 82.2 Å². The highest BCUT2D eigenvalue weighted by Gasteiger charge is 2.37. The molecule has 2 aromatic heterocycles. The predicted octanol–water partition coefficient (Wildman–Crippen LogP) is 3.67. The number of nitrogens with one attached hydrogen (secondary N) is 1. The van der Waals surface area contributed by atoms with Gasteiger partial charge in [0.2, 0.25) is 11.6 Å². The van der Waals surface area contributed by atoms with Crippen molar-refractivity contribution < 1.29 is 9.59 Å². The number of rotatable bonds is 4. The number of hydrogen-bond donors (Lipinski definition) is 1. The van der Waals surface area contributed by atoms with Crippen LogP contribution in [-0.4, -0.2) is 53.9 Å². The van der Waals surface area contributed by atoms with Gasteiger partial charge >= 0.3 is 0 Å². The Morgan fingerprint density at radius 3 is 2.34 bits per heavy atom. The van der Waals surface area contributed by atoms with Crippen molar-refractivity contribution in [2.75, 3.05) is 37.0 Å². The molecule has 3 heterocycles. The van der Waals surface area contributed by atoms with E-state index in [0.29, 0.717) is 21.4 Å². The number of ketones is 2. The van der Waals surface area contributed by atoms with Crippen LogP contribution in [0.5, 0.6) is 0 Å². The van der Waals surface area contributed by atoms with Crippen LogP contribution in [0.25, 0.3) is 11.1 Å². The Kier molecular flexibility index (Phi) is 5.50. The molecule has 7 nitrogen and oxygen atoms in total. The highest BCUT2D eigenvalue weighted by atomic mass is 35.5. The normalized spacial score (nSPS) is 18.1. The first-order chi connectivity index (χ1) is 13.9. The minimum atomic E-state index is -0.481. The van der Waals surface area contributed by atoms with Gasteiger partial charge in [-0.3, -0.25) is 14.7 Å². The van der Waals surface area contributed by atoms with Gasteiger partial charge in [-0.1, -0.05) is 34.5 Å².